The predicted molar refractivity (Wildman–Crippen MR) is 97.0 cm³/mol. The van der Waals surface area contributed by atoms with Gasteiger partial charge in [-0.3, -0.25) is 4.79 Å². The molecule has 1 fully saturated rings. The zero-order valence-corrected chi connectivity index (χ0v) is 13.8. The van der Waals surface area contributed by atoms with Crippen LogP contribution in [0, 0.1) is 0 Å². The van der Waals surface area contributed by atoms with Crippen LogP contribution < -0.4 is 0 Å². The minimum atomic E-state index is 0.0717. The van der Waals surface area contributed by atoms with E-state index in [1.54, 1.807) is 18.2 Å². The van der Waals surface area contributed by atoms with Crippen LogP contribution >= 0.6 is 0 Å². The molecule has 3 nitrogen and oxygen atoms in total. The summed E-state index contributed by atoms with van der Waals surface area (Å²) in [5, 5.41) is 9.43. The Morgan fingerprint density at radius 1 is 1.12 bits per heavy atom. The second-order valence-corrected chi connectivity index (χ2v) is 6.31. The lowest BCUT2D eigenvalue weighted by Crippen LogP contribution is -2.38. The van der Waals surface area contributed by atoms with Crippen molar-refractivity contribution in [3.05, 3.63) is 66.7 Å². The van der Waals surface area contributed by atoms with Gasteiger partial charge in [-0.15, -0.1) is 6.58 Å². The molecule has 0 atom stereocenters. The maximum absolute atomic E-state index is 13.0. The van der Waals surface area contributed by atoms with Gasteiger partial charge in [-0.05, 0) is 48.2 Å². The van der Waals surface area contributed by atoms with Crippen molar-refractivity contribution in [2.24, 2.45) is 0 Å². The Kier molecular flexibility index (Phi) is 4.99. The molecule has 0 aliphatic heterocycles. The van der Waals surface area contributed by atoms with E-state index < -0.39 is 0 Å². The highest BCUT2D eigenvalue weighted by molar-refractivity contribution is 5.95. The van der Waals surface area contributed by atoms with Crippen molar-refractivity contribution in [3.63, 3.8) is 0 Å². The lowest BCUT2D eigenvalue weighted by molar-refractivity contribution is 0.0706. The average Bonchev–Trinajstić information content (AvgIpc) is 3.14. The first-order valence-corrected chi connectivity index (χ1v) is 8.50. The molecular weight excluding hydrogens is 298 g/mol. The molecule has 1 aliphatic carbocycles. The van der Waals surface area contributed by atoms with Gasteiger partial charge in [0.1, 0.15) is 5.75 Å². The Bertz CT molecular complexity index is 715. The average molecular weight is 321 g/mol. The van der Waals surface area contributed by atoms with Gasteiger partial charge in [0.2, 0.25) is 0 Å². The number of phenols is 1. The van der Waals surface area contributed by atoms with Crippen LogP contribution in [0.25, 0.3) is 11.1 Å². The molecule has 124 valence electrons. The maximum Gasteiger partial charge on any atom is 0.254 e. The lowest BCUT2D eigenvalue weighted by atomic mass is 10.0. The summed E-state index contributed by atoms with van der Waals surface area (Å²) in [6.45, 7) is 4.39. The molecule has 0 unspecified atom stereocenters. The van der Waals surface area contributed by atoms with Crippen LogP contribution in [0.5, 0.6) is 5.75 Å². The van der Waals surface area contributed by atoms with E-state index in [4.69, 9.17) is 0 Å². The van der Waals surface area contributed by atoms with Gasteiger partial charge in [0, 0.05) is 18.2 Å². The van der Waals surface area contributed by atoms with Crippen LogP contribution in [0.2, 0.25) is 0 Å². The molecule has 2 aromatic carbocycles. The molecule has 1 N–H and O–H groups in total. The second kappa shape index (κ2) is 7.35. The van der Waals surface area contributed by atoms with E-state index in [9.17, 15) is 9.90 Å². The van der Waals surface area contributed by atoms with E-state index in [2.05, 4.69) is 6.58 Å². The highest BCUT2D eigenvalue weighted by Gasteiger charge is 2.26. The quantitative estimate of drug-likeness (QED) is 0.816. The van der Waals surface area contributed by atoms with Crippen LogP contribution in [0.1, 0.15) is 36.0 Å². The first-order chi connectivity index (χ1) is 11.7. The normalized spacial score (nSPS) is 14.5. The molecule has 1 aliphatic rings. The molecule has 24 heavy (non-hydrogen) atoms. The number of hydrogen-bond donors (Lipinski definition) is 1. The predicted octanol–water partition coefficient (Wildman–Crippen LogP) is 4.63. The van der Waals surface area contributed by atoms with Gasteiger partial charge in [0.05, 0.1) is 0 Å². The monoisotopic (exact) mass is 321 g/mol. The second-order valence-electron chi connectivity index (χ2n) is 6.31. The molecule has 3 rings (SSSR count). The molecule has 0 bridgehead atoms. The number of carbonyl (C=O) groups is 1. The van der Waals surface area contributed by atoms with Gasteiger partial charge in [0.25, 0.3) is 5.91 Å². The van der Waals surface area contributed by atoms with E-state index >= 15 is 0 Å². The van der Waals surface area contributed by atoms with Crippen LogP contribution in [0.4, 0.5) is 0 Å². The SMILES string of the molecule is C=CCN(C(=O)c1cccc(-c2ccc(O)cc2)c1)C1CCCC1. The molecule has 3 heteroatoms. The molecule has 1 amide bonds. The smallest absolute Gasteiger partial charge is 0.254 e. The fourth-order valence-electron chi connectivity index (χ4n) is 3.40. The lowest BCUT2D eigenvalue weighted by Gasteiger charge is -2.28. The van der Waals surface area contributed by atoms with E-state index in [0.717, 1.165) is 24.0 Å². The van der Waals surface area contributed by atoms with Crippen molar-refractivity contribution in [2.75, 3.05) is 6.54 Å². The Balaban J connectivity index is 1.87. The molecular formula is C21H23NO2. The van der Waals surface area contributed by atoms with Crippen molar-refractivity contribution < 1.29 is 9.90 Å². The summed E-state index contributed by atoms with van der Waals surface area (Å²) in [5.74, 6) is 0.312. The zero-order valence-electron chi connectivity index (χ0n) is 13.8. The van der Waals surface area contributed by atoms with E-state index in [1.807, 2.05) is 41.3 Å². The molecule has 0 aromatic heterocycles. The summed E-state index contributed by atoms with van der Waals surface area (Å²) in [5.41, 5.74) is 2.67. The fourth-order valence-corrected chi connectivity index (χ4v) is 3.40. The Labute approximate surface area is 143 Å². The van der Waals surface area contributed by atoms with Crippen LogP contribution in [0.15, 0.2) is 61.2 Å². The van der Waals surface area contributed by atoms with Crippen molar-refractivity contribution in [1.29, 1.82) is 0 Å². The fraction of sp³-hybridized carbons (Fsp3) is 0.286. The van der Waals surface area contributed by atoms with Crippen LogP contribution in [-0.4, -0.2) is 28.5 Å². The summed E-state index contributed by atoms with van der Waals surface area (Å²) in [6.07, 6.45) is 6.35. The number of hydrogen-bond acceptors (Lipinski definition) is 2. The summed E-state index contributed by atoms with van der Waals surface area (Å²) in [6, 6.07) is 15.1. The first kappa shape index (κ1) is 16.3. The van der Waals surface area contributed by atoms with Gasteiger partial charge in [-0.1, -0.05) is 43.2 Å². The number of phenolic OH excluding ortho intramolecular Hbond substituents is 1. The highest BCUT2D eigenvalue weighted by Crippen LogP contribution is 2.27. The third-order valence-electron chi connectivity index (χ3n) is 4.66. The minimum Gasteiger partial charge on any atom is -0.508 e. The van der Waals surface area contributed by atoms with Crippen molar-refractivity contribution >= 4 is 5.91 Å². The van der Waals surface area contributed by atoms with E-state index in [-0.39, 0.29) is 11.7 Å². The highest BCUT2D eigenvalue weighted by atomic mass is 16.3. The minimum absolute atomic E-state index is 0.0717. The Hall–Kier alpha value is -2.55. The number of carbonyl (C=O) groups excluding carboxylic acids is 1. The van der Waals surface area contributed by atoms with E-state index in [1.165, 1.54) is 12.8 Å². The number of benzene rings is 2. The first-order valence-electron chi connectivity index (χ1n) is 8.50. The standard InChI is InChI=1S/C21H23NO2/c1-2-14-22(19-8-3-4-9-19)21(24)18-7-5-6-17(15-18)16-10-12-20(23)13-11-16/h2,5-7,10-13,15,19,23H,1,3-4,8-9,14H2. The topological polar surface area (TPSA) is 40.5 Å². The van der Waals surface area contributed by atoms with Gasteiger partial charge < -0.3 is 10.0 Å². The summed E-state index contributed by atoms with van der Waals surface area (Å²) in [4.78, 5) is 15.0. The third-order valence-corrected chi connectivity index (χ3v) is 4.66. The van der Waals surface area contributed by atoms with Crippen LogP contribution in [0.3, 0.4) is 0 Å². The zero-order chi connectivity index (χ0) is 16.9. The maximum atomic E-state index is 13.0. The molecule has 0 radical (unpaired) electrons. The van der Waals surface area contributed by atoms with E-state index in [0.29, 0.717) is 18.2 Å². The molecule has 0 spiro atoms. The Morgan fingerprint density at radius 3 is 2.50 bits per heavy atom. The van der Waals surface area contributed by atoms with Gasteiger partial charge >= 0.3 is 0 Å². The molecule has 0 heterocycles. The van der Waals surface area contributed by atoms with Gasteiger partial charge in [0.15, 0.2) is 0 Å². The largest absolute Gasteiger partial charge is 0.508 e. The summed E-state index contributed by atoms with van der Waals surface area (Å²) >= 11 is 0. The number of amides is 1. The van der Waals surface area contributed by atoms with Gasteiger partial charge in [-0.2, -0.15) is 0 Å². The van der Waals surface area contributed by atoms with Crippen molar-refractivity contribution in [2.45, 2.75) is 31.7 Å². The Morgan fingerprint density at radius 2 is 1.83 bits per heavy atom. The van der Waals surface area contributed by atoms with Crippen LogP contribution in [-0.2, 0) is 0 Å². The van der Waals surface area contributed by atoms with Gasteiger partial charge in [-0.25, -0.2) is 0 Å². The number of nitrogens with zero attached hydrogens (tertiary/aromatic N) is 1. The van der Waals surface area contributed by atoms with Crippen molar-refractivity contribution in [3.8, 4) is 16.9 Å². The molecule has 2 aromatic rings. The third kappa shape index (κ3) is 3.51. The summed E-state index contributed by atoms with van der Waals surface area (Å²) in [7, 11) is 0. The number of rotatable bonds is 5. The molecule has 1 saturated carbocycles. The molecule has 0 saturated heterocycles. The summed E-state index contributed by atoms with van der Waals surface area (Å²) < 4.78 is 0. The number of aromatic hydroxyl groups is 1. The van der Waals surface area contributed by atoms with Crippen molar-refractivity contribution in [1.82, 2.24) is 4.90 Å².